The highest BCUT2D eigenvalue weighted by Gasteiger charge is 2.12. The molecule has 0 fully saturated rings. The zero-order chi connectivity index (χ0) is 16.2. The second kappa shape index (κ2) is 6.64. The molecule has 0 bridgehead atoms. The molecular weight excluding hydrogens is 290 g/mol. The van der Waals surface area contributed by atoms with Gasteiger partial charge in [0.15, 0.2) is 0 Å². The summed E-state index contributed by atoms with van der Waals surface area (Å²) in [6, 6.07) is 5.77. The summed E-state index contributed by atoms with van der Waals surface area (Å²) in [5.74, 6) is -0.0818. The first-order valence-electron chi connectivity index (χ1n) is 7.97. The molecule has 1 N–H and O–H groups in total. The highest BCUT2D eigenvalue weighted by molar-refractivity contribution is 5.92. The molecule has 0 spiro atoms. The van der Waals surface area contributed by atoms with Crippen molar-refractivity contribution in [3.8, 4) is 0 Å². The molecule has 3 heterocycles. The number of hydrogen-bond acceptors (Lipinski definition) is 3. The van der Waals surface area contributed by atoms with E-state index in [1.165, 1.54) is 5.56 Å². The molecule has 3 aromatic heterocycles. The Morgan fingerprint density at radius 2 is 2.09 bits per heavy atom. The van der Waals surface area contributed by atoms with Gasteiger partial charge in [-0.3, -0.25) is 9.48 Å². The summed E-state index contributed by atoms with van der Waals surface area (Å²) >= 11 is 0. The second-order valence-electron chi connectivity index (χ2n) is 5.35. The van der Waals surface area contributed by atoms with E-state index in [0.29, 0.717) is 18.8 Å². The Kier molecular flexibility index (Phi) is 4.41. The van der Waals surface area contributed by atoms with Crippen LogP contribution in [0.2, 0.25) is 0 Å². The van der Waals surface area contributed by atoms with E-state index in [1.54, 1.807) is 16.9 Å². The van der Waals surface area contributed by atoms with Crippen LogP contribution in [0.5, 0.6) is 0 Å². The number of aryl methyl sites for hydroxylation is 2. The molecule has 3 rings (SSSR count). The largest absolute Gasteiger partial charge is 0.350 e. The number of pyridine rings is 1. The Hall–Kier alpha value is -2.63. The van der Waals surface area contributed by atoms with Gasteiger partial charge < -0.3 is 9.88 Å². The van der Waals surface area contributed by atoms with Crippen LogP contribution in [0.25, 0.3) is 11.0 Å². The fraction of sp³-hybridized carbons (Fsp3) is 0.353. The number of hydrogen-bond donors (Lipinski definition) is 1. The predicted molar refractivity (Wildman–Crippen MR) is 89.3 cm³/mol. The lowest BCUT2D eigenvalue weighted by atomic mass is 10.1. The molecular formula is C17H21N5O. The van der Waals surface area contributed by atoms with Crippen LogP contribution in [-0.2, 0) is 19.5 Å². The normalized spacial score (nSPS) is 11.0. The predicted octanol–water partition coefficient (Wildman–Crippen LogP) is 2.25. The fourth-order valence-corrected chi connectivity index (χ4v) is 2.81. The third-order valence-electron chi connectivity index (χ3n) is 3.99. The number of carbonyl (C=O) groups excluding carboxylic acids is 1. The molecule has 1 amide bonds. The molecule has 6 nitrogen and oxygen atoms in total. The van der Waals surface area contributed by atoms with Crippen molar-refractivity contribution in [2.45, 2.75) is 33.4 Å². The second-order valence-corrected chi connectivity index (χ2v) is 5.35. The number of nitrogens with one attached hydrogen (secondary N) is 1. The smallest absolute Gasteiger partial charge is 0.269 e. The summed E-state index contributed by atoms with van der Waals surface area (Å²) in [7, 11) is 0. The van der Waals surface area contributed by atoms with Gasteiger partial charge in [-0.25, -0.2) is 4.98 Å². The zero-order valence-electron chi connectivity index (χ0n) is 13.5. The van der Waals surface area contributed by atoms with E-state index in [9.17, 15) is 4.79 Å². The van der Waals surface area contributed by atoms with Crippen LogP contribution < -0.4 is 5.32 Å². The average Bonchev–Trinajstić information content (AvgIpc) is 3.19. The van der Waals surface area contributed by atoms with E-state index in [2.05, 4.69) is 39.2 Å². The monoisotopic (exact) mass is 311 g/mol. The Bertz CT molecular complexity index is 817. The molecule has 0 aliphatic carbocycles. The molecule has 0 unspecified atom stereocenters. The molecule has 23 heavy (non-hydrogen) atoms. The zero-order valence-corrected chi connectivity index (χ0v) is 13.5. The summed E-state index contributed by atoms with van der Waals surface area (Å²) < 4.78 is 3.83. The van der Waals surface area contributed by atoms with Crippen molar-refractivity contribution < 1.29 is 4.79 Å². The molecule has 3 aromatic rings. The van der Waals surface area contributed by atoms with Gasteiger partial charge in [-0.1, -0.05) is 0 Å². The topological polar surface area (TPSA) is 64.7 Å². The summed E-state index contributed by atoms with van der Waals surface area (Å²) in [4.78, 5) is 16.7. The molecule has 0 radical (unpaired) electrons. The average molecular weight is 311 g/mol. The highest BCUT2D eigenvalue weighted by Crippen LogP contribution is 2.19. The number of nitrogens with zero attached hydrogens (tertiary/aromatic N) is 4. The first-order chi connectivity index (χ1) is 11.2. The lowest BCUT2D eigenvalue weighted by Gasteiger charge is -2.06. The maximum Gasteiger partial charge on any atom is 0.269 e. The maximum absolute atomic E-state index is 12.2. The number of amides is 1. The van der Waals surface area contributed by atoms with Crippen molar-refractivity contribution in [2.24, 2.45) is 0 Å². The van der Waals surface area contributed by atoms with Crippen molar-refractivity contribution in [1.29, 1.82) is 0 Å². The summed E-state index contributed by atoms with van der Waals surface area (Å²) in [6.07, 6.45) is 6.37. The van der Waals surface area contributed by atoms with Crippen LogP contribution >= 0.6 is 0 Å². The van der Waals surface area contributed by atoms with Crippen LogP contribution in [-0.4, -0.2) is 31.8 Å². The van der Waals surface area contributed by atoms with E-state index in [4.69, 9.17) is 0 Å². The number of fused-ring (bicyclic) bond motifs is 1. The quantitative estimate of drug-likeness (QED) is 0.759. The van der Waals surface area contributed by atoms with Crippen molar-refractivity contribution in [3.05, 3.63) is 48.0 Å². The van der Waals surface area contributed by atoms with Gasteiger partial charge in [0.05, 0.1) is 0 Å². The van der Waals surface area contributed by atoms with E-state index in [-0.39, 0.29) is 5.91 Å². The highest BCUT2D eigenvalue weighted by atomic mass is 16.2. The minimum absolute atomic E-state index is 0.0818. The Morgan fingerprint density at radius 1 is 1.22 bits per heavy atom. The van der Waals surface area contributed by atoms with Crippen LogP contribution in [0, 0.1) is 0 Å². The Balaban J connectivity index is 1.68. The van der Waals surface area contributed by atoms with Crippen LogP contribution in [0.3, 0.4) is 0 Å². The summed E-state index contributed by atoms with van der Waals surface area (Å²) in [5.41, 5.74) is 2.81. The van der Waals surface area contributed by atoms with Crippen molar-refractivity contribution >= 4 is 16.9 Å². The van der Waals surface area contributed by atoms with E-state index in [1.807, 2.05) is 19.2 Å². The van der Waals surface area contributed by atoms with Gasteiger partial charge in [-0.15, -0.1) is 0 Å². The van der Waals surface area contributed by atoms with E-state index >= 15 is 0 Å². The van der Waals surface area contributed by atoms with Crippen molar-refractivity contribution in [1.82, 2.24) is 24.6 Å². The van der Waals surface area contributed by atoms with E-state index < -0.39 is 0 Å². The lowest BCUT2D eigenvalue weighted by Crippen LogP contribution is -2.28. The van der Waals surface area contributed by atoms with Gasteiger partial charge >= 0.3 is 0 Å². The van der Waals surface area contributed by atoms with Gasteiger partial charge in [0.25, 0.3) is 5.91 Å². The van der Waals surface area contributed by atoms with Gasteiger partial charge in [0, 0.05) is 43.6 Å². The van der Waals surface area contributed by atoms with Gasteiger partial charge in [0.1, 0.15) is 11.3 Å². The van der Waals surface area contributed by atoms with Crippen LogP contribution in [0.4, 0.5) is 0 Å². The molecule has 0 aromatic carbocycles. The molecule has 6 heteroatoms. The number of aromatic nitrogens is 4. The lowest BCUT2D eigenvalue weighted by molar-refractivity contribution is 0.0943. The third kappa shape index (κ3) is 2.97. The van der Waals surface area contributed by atoms with Gasteiger partial charge in [-0.2, -0.15) is 5.10 Å². The van der Waals surface area contributed by atoms with Crippen LogP contribution in [0.15, 0.2) is 36.8 Å². The molecule has 0 aliphatic heterocycles. The minimum Gasteiger partial charge on any atom is -0.350 e. The SMILES string of the molecule is CCn1nccc1C(=O)NCCc1cn(CC)c2ncccc12. The number of carbonyl (C=O) groups is 1. The van der Waals surface area contributed by atoms with E-state index in [0.717, 1.165) is 24.0 Å². The van der Waals surface area contributed by atoms with Crippen molar-refractivity contribution in [2.75, 3.05) is 6.54 Å². The first kappa shape index (κ1) is 15.3. The van der Waals surface area contributed by atoms with Crippen LogP contribution in [0.1, 0.15) is 29.9 Å². The maximum atomic E-state index is 12.2. The standard InChI is InChI=1S/C17H21N5O/c1-3-21-12-13(14-6-5-9-18-16(14)21)7-10-19-17(23)15-8-11-20-22(15)4-2/h5-6,8-9,11-12H,3-4,7,10H2,1-2H3,(H,19,23). The first-order valence-corrected chi connectivity index (χ1v) is 7.97. The summed E-state index contributed by atoms with van der Waals surface area (Å²) in [6.45, 7) is 6.23. The molecule has 0 aliphatic rings. The van der Waals surface area contributed by atoms with Gasteiger partial charge in [-0.05, 0) is 44.0 Å². The third-order valence-corrected chi connectivity index (χ3v) is 3.99. The molecule has 120 valence electrons. The Morgan fingerprint density at radius 3 is 2.87 bits per heavy atom. The van der Waals surface area contributed by atoms with Crippen molar-refractivity contribution in [3.63, 3.8) is 0 Å². The number of rotatable bonds is 6. The molecule has 0 saturated carbocycles. The Labute approximate surface area is 135 Å². The summed E-state index contributed by atoms with van der Waals surface area (Å²) in [5, 5.41) is 8.25. The van der Waals surface area contributed by atoms with Gasteiger partial charge in [0.2, 0.25) is 0 Å². The minimum atomic E-state index is -0.0818. The molecule has 0 saturated heterocycles. The fourth-order valence-electron chi connectivity index (χ4n) is 2.81. The molecule has 0 atom stereocenters.